The molecule has 0 fully saturated rings. The number of methoxy groups -OCH3 is 2. The molecule has 0 aromatic heterocycles. The lowest BCUT2D eigenvalue weighted by Gasteiger charge is -2.26. The maximum Gasteiger partial charge on any atom is 0.316 e. The molecule has 6 heteroatoms. The summed E-state index contributed by atoms with van der Waals surface area (Å²) in [5.41, 5.74) is 2.45. The minimum absolute atomic E-state index is 0.235. The number of hydrogen-bond acceptors (Lipinski definition) is 6. The maximum absolute atomic E-state index is 14.2. The van der Waals surface area contributed by atoms with E-state index in [0.717, 1.165) is 16.7 Å². The summed E-state index contributed by atoms with van der Waals surface area (Å²) in [6.07, 6.45) is -1.08. The Kier molecular flexibility index (Phi) is 9.58. The summed E-state index contributed by atoms with van der Waals surface area (Å²) < 4.78 is 23.2. The van der Waals surface area contributed by atoms with Gasteiger partial charge in [0.05, 0.1) is 25.2 Å². The second-order valence-electron chi connectivity index (χ2n) is 10.7. The molecule has 4 aromatic rings. The van der Waals surface area contributed by atoms with Crippen molar-refractivity contribution in [3.8, 4) is 17.2 Å². The molecule has 0 bridgehead atoms. The number of rotatable bonds is 11. The molecule has 0 saturated heterocycles. The Morgan fingerprint density at radius 3 is 1.78 bits per heavy atom. The van der Waals surface area contributed by atoms with Gasteiger partial charge < -0.3 is 18.9 Å². The van der Waals surface area contributed by atoms with Crippen LogP contribution in [-0.2, 0) is 16.0 Å². The fraction of sp³-hybridized carbons (Fsp3) is 0.257. The van der Waals surface area contributed by atoms with Gasteiger partial charge in [-0.3, -0.25) is 9.59 Å². The van der Waals surface area contributed by atoms with Crippen LogP contribution in [0.3, 0.4) is 0 Å². The highest BCUT2D eigenvalue weighted by molar-refractivity contribution is 6.02. The van der Waals surface area contributed by atoms with Crippen molar-refractivity contribution in [1.82, 2.24) is 0 Å². The molecule has 0 unspecified atom stereocenters. The number of hydrogen-bond donors (Lipinski definition) is 0. The van der Waals surface area contributed by atoms with Gasteiger partial charge >= 0.3 is 5.97 Å². The third kappa shape index (κ3) is 7.62. The topological polar surface area (TPSA) is 71.1 Å². The molecular weight excluding hydrogens is 516 g/mol. The molecule has 4 aromatic carbocycles. The van der Waals surface area contributed by atoms with E-state index in [-0.39, 0.29) is 18.2 Å². The van der Waals surface area contributed by atoms with Gasteiger partial charge in [-0.1, -0.05) is 72.8 Å². The largest absolute Gasteiger partial charge is 0.497 e. The van der Waals surface area contributed by atoms with E-state index >= 15 is 0 Å². The molecule has 0 amide bonds. The van der Waals surface area contributed by atoms with Crippen LogP contribution in [0.4, 0.5) is 0 Å². The van der Waals surface area contributed by atoms with Crippen LogP contribution in [0.2, 0.25) is 0 Å². The van der Waals surface area contributed by atoms with Crippen molar-refractivity contribution in [2.24, 2.45) is 5.41 Å². The summed E-state index contributed by atoms with van der Waals surface area (Å²) in [5, 5.41) is 0. The first-order valence-corrected chi connectivity index (χ1v) is 13.5. The number of benzene rings is 4. The Bertz CT molecular complexity index is 1400. The molecule has 0 aliphatic rings. The van der Waals surface area contributed by atoms with Gasteiger partial charge in [0.25, 0.3) is 0 Å². The smallest absolute Gasteiger partial charge is 0.316 e. The normalized spacial score (nSPS) is 12.0. The summed E-state index contributed by atoms with van der Waals surface area (Å²) in [5.74, 6) is 0.866. The van der Waals surface area contributed by atoms with Crippen LogP contribution >= 0.6 is 0 Å². The van der Waals surface area contributed by atoms with Gasteiger partial charge in [0.2, 0.25) is 0 Å². The van der Waals surface area contributed by atoms with Crippen molar-refractivity contribution in [3.05, 3.63) is 125 Å². The average molecular weight is 553 g/mol. The minimum Gasteiger partial charge on any atom is -0.497 e. The quantitative estimate of drug-likeness (QED) is 0.111. The monoisotopic (exact) mass is 552 g/mol. The van der Waals surface area contributed by atoms with Gasteiger partial charge in [0, 0.05) is 6.42 Å². The average Bonchev–Trinajstić information content (AvgIpc) is 2.99. The van der Waals surface area contributed by atoms with Gasteiger partial charge in [0.15, 0.2) is 5.78 Å². The Morgan fingerprint density at radius 2 is 1.27 bits per heavy atom. The zero-order chi connectivity index (χ0) is 29.4. The zero-order valence-corrected chi connectivity index (χ0v) is 24.1. The van der Waals surface area contributed by atoms with Crippen molar-refractivity contribution in [2.45, 2.75) is 39.4 Å². The van der Waals surface area contributed by atoms with E-state index < -0.39 is 17.6 Å². The Balaban J connectivity index is 1.71. The van der Waals surface area contributed by atoms with E-state index in [9.17, 15) is 9.59 Å². The summed E-state index contributed by atoms with van der Waals surface area (Å²) in [7, 11) is 3.09. The highest BCUT2D eigenvalue weighted by Gasteiger charge is 2.29. The zero-order valence-electron chi connectivity index (χ0n) is 24.1. The molecule has 6 nitrogen and oxygen atoms in total. The van der Waals surface area contributed by atoms with E-state index in [2.05, 4.69) is 0 Å². The number of esters is 1. The highest BCUT2D eigenvalue weighted by Crippen LogP contribution is 2.32. The Hall–Kier alpha value is -4.42. The molecule has 0 heterocycles. The number of carbonyl (C=O) groups is 2. The predicted octanol–water partition coefficient (Wildman–Crippen LogP) is 7.26. The first kappa shape index (κ1) is 29.6. The van der Waals surface area contributed by atoms with Crippen LogP contribution < -0.4 is 14.2 Å². The van der Waals surface area contributed by atoms with Gasteiger partial charge in [-0.15, -0.1) is 0 Å². The molecule has 0 N–H and O–H groups in total. The standard InChI is InChI=1S/C35H36O6/c1-35(2,3)34(37)40-27-18-16-24(17-19-27)22-31(32(36)29-23-28(38-4)20-21-30(29)39-5)41-33(25-12-8-6-9-13-25)26-14-10-7-11-15-26/h6-21,23,31,33H,22H2,1-5H3/t31-/m0/s1. The van der Waals surface area contributed by atoms with Gasteiger partial charge in [-0.2, -0.15) is 0 Å². The van der Waals surface area contributed by atoms with Gasteiger partial charge in [-0.25, -0.2) is 0 Å². The number of Topliss-reactive ketones (excluding diaryl/α,β-unsaturated/α-hetero) is 1. The lowest BCUT2D eigenvalue weighted by molar-refractivity contribution is -0.143. The fourth-order valence-corrected chi connectivity index (χ4v) is 4.32. The molecule has 212 valence electrons. The highest BCUT2D eigenvalue weighted by atomic mass is 16.5. The summed E-state index contributed by atoms with van der Waals surface area (Å²) in [6, 6.07) is 32.0. The van der Waals surface area contributed by atoms with E-state index in [1.54, 1.807) is 58.2 Å². The molecule has 41 heavy (non-hydrogen) atoms. The first-order chi connectivity index (χ1) is 19.7. The first-order valence-electron chi connectivity index (χ1n) is 13.5. The van der Waals surface area contributed by atoms with Crippen molar-refractivity contribution in [2.75, 3.05) is 14.2 Å². The molecule has 0 aliphatic carbocycles. The van der Waals surface area contributed by atoms with E-state index in [4.69, 9.17) is 18.9 Å². The lowest BCUT2D eigenvalue weighted by atomic mass is 9.96. The van der Waals surface area contributed by atoms with Crippen molar-refractivity contribution >= 4 is 11.8 Å². The van der Waals surface area contributed by atoms with Crippen LogP contribution in [0.25, 0.3) is 0 Å². The Labute approximate surface area is 241 Å². The number of ether oxygens (including phenoxy) is 4. The molecular formula is C35H36O6. The van der Waals surface area contributed by atoms with Crippen LogP contribution in [0.5, 0.6) is 17.2 Å². The number of carbonyl (C=O) groups excluding carboxylic acids is 2. The van der Waals surface area contributed by atoms with Crippen molar-refractivity contribution in [3.63, 3.8) is 0 Å². The molecule has 0 spiro atoms. The third-order valence-electron chi connectivity index (χ3n) is 6.64. The molecule has 0 saturated carbocycles. The molecule has 1 atom stereocenters. The van der Waals surface area contributed by atoms with Crippen LogP contribution in [-0.4, -0.2) is 32.1 Å². The predicted molar refractivity (Wildman–Crippen MR) is 159 cm³/mol. The summed E-state index contributed by atoms with van der Waals surface area (Å²) >= 11 is 0. The number of ketones is 1. The lowest BCUT2D eigenvalue weighted by Crippen LogP contribution is -2.30. The van der Waals surface area contributed by atoms with Crippen LogP contribution in [0.1, 0.15) is 53.9 Å². The molecule has 0 aliphatic heterocycles. The van der Waals surface area contributed by atoms with E-state index in [1.807, 2.05) is 72.8 Å². The van der Waals surface area contributed by atoms with Gasteiger partial charge in [0.1, 0.15) is 29.5 Å². The van der Waals surface area contributed by atoms with Crippen LogP contribution in [0, 0.1) is 5.41 Å². The fourth-order valence-electron chi connectivity index (χ4n) is 4.32. The second kappa shape index (κ2) is 13.3. The van der Waals surface area contributed by atoms with E-state index in [1.165, 1.54) is 7.11 Å². The summed E-state index contributed by atoms with van der Waals surface area (Å²) in [4.78, 5) is 26.5. The van der Waals surface area contributed by atoms with Crippen LogP contribution in [0.15, 0.2) is 103 Å². The SMILES string of the molecule is COc1ccc(OC)c(C(=O)[C@H](Cc2ccc(OC(=O)C(C)(C)C)cc2)OC(c2ccccc2)c2ccccc2)c1. The van der Waals surface area contributed by atoms with Gasteiger partial charge in [-0.05, 0) is 67.8 Å². The van der Waals surface area contributed by atoms with E-state index in [0.29, 0.717) is 22.8 Å². The minimum atomic E-state index is -0.871. The third-order valence-corrected chi connectivity index (χ3v) is 6.64. The molecule has 4 rings (SSSR count). The molecule has 0 radical (unpaired) electrons. The Morgan fingerprint density at radius 1 is 0.707 bits per heavy atom. The summed E-state index contributed by atoms with van der Waals surface area (Å²) in [6.45, 7) is 5.42. The van der Waals surface area contributed by atoms with Crippen molar-refractivity contribution < 1.29 is 28.5 Å². The van der Waals surface area contributed by atoms with Crippen molar-refractivity contribution in [1.29, 1.82) is 0 Å². The maximum atomic E-state index is 14.2. The second-order valence-corrected chi connectivity index (χ2v) is 10.7.